The molecule has 0 saturated heterocycles. The van der Waals surface area contributed by atoms with Crippen molar-refractivity contribution >= 4 is 40.3 Å². The third kappa shape index (κ3) is 4.01. The molecule has 0 unspecified atom stereocenters. The van der Waals surface area contributed by atoms with Gasteiger partial charge in [-0.05, 0) is 40.6 Å². The van der Waals surface area contributed by atoms with Crippen molar-refractivity contribution in [2.24, 2.45) is 4.99 Å². The third-order valence-electron chi connectivity index (χ3n) is 5.17. The number of carbonyl (C=O) groups is 1. The van der Waals surface area contributed by atoms with Crippen LogP contribution in [0, 0.1) is 0 Å². The first-order chi connectivity index (χ1) is 15.7. The SMILES string of the molecule is O=C1OC(c2ccccc2Cl)=N/C1=C\c1c(OCc2ccccc2)ccc2ccccc12. The lowest BCUT2D eigenvalue weighted by Crippen LogP contribution is -2.05. The van der Waals surface area contributed by atoms with Crippen LogP contribution in [0.3, 0.4) is 0 Å². The minimum absolute atomic E-state index is 0.193. The number of esters is 1. The summed E-state index contributed by atoms with van der Waals surface area (Å²) in [5.74, 6) is 0.329. The molecule has 0 saturated carbocycles. The summed E-state index contributed by atoms with van der Waals surface area (Å²) in [6, 6.07) is 28.9. The Hall–Kier alpha value is -3.89. The van der Waals surface area contributed by atoms with Crippen LogP contribution in [0.1, 0.15) is 16.7 Å². The van der Waals surface area contributed by atoms with E-state index in [4.69, 9.17) is 21.1 Å². The maximum Gasteiger partial charge on any atom is 0.363 e. The second kappa shape index (κ2) is 8.69. The lowest BCUT2D eigenvalue weighted by atomic mass is 10.0. The van der Waals surface area contributed by atoms with E-state index >= 15 is 0 Å². The quantitative estimate of drug-likeness (QED) is 0.266. The van der Waals surface area contributed by atoms with Gasteiger partial charge in [0.05, 0.1) is 10.6 Å². The van der Waals surface area contributed by atoms with E-state index in [0.717, 1.165) is 21.9 Å². The number of hydrogen-bond acceptors (Lipinski definition) is 4. The van der Waals surface area contributed by atoms with Crippen LogP contribution in [0.4, 0.5) is 0 Å². The van der Waals surface area contributed by atoms with Gasteiger partial charge in [0.25, 0.3) is 0 Å². The summed E-state index contributed by atoms with van der Waals surface area (Å²) in [5.41, 5.74) is 2.60. The number of benzene rings is 4. The van der Waals surface area contributed by atoms with Crippen LogP contribution in [0.25, 0.3) is 16.8 Å². The van der Waals surface area contributed by atoms with Crippen molar-refractivity contribution in [2.75, 3.05) is 0 Å². The molecule has 1 heterocycles. The predicted molar refractivity (Wildman–Crippen MR) is 127 cm³/mol. The van der Waals surface area contributed by atoms with Gasteiger partial charge < -0.3 is 9.47 Å². The van der Waals surface area contributed by atoms with Crippen LogP contribution >= 0.6 is 11.6 Å². The molecule has 4 nitrogen and oxygen atoms in total. The van der Waals surface area contributed by atoms with Gasteiger partial charge in [-0.25, -0.2) is 9.79 Å². The van der Waals surface area contributed by atoms with Gasteiger partial charge in [-0.1, -0.05) is 84.4 Å². The fraction of sp³-hybridized carbons (Fsp3) is 0.0370. The number of fused-ring (bicyclic) bond motifs is 1. The predicted octanol–water partition coefficient (Wildman–Crippen LogP) is 6.42. The van der Waals surface area contributed by atoms with Gasteiger partial charge in [0.15, 0.2) is 5.70 Å². The molecule has 32 heavy (non-hydrogen) atoms. The summed E-state index contributed by atoms with van der Waals surface area (Å²) < 4.78 is 11.6. The molecule has 4 aromatic rings. The molecule has 0 spiro atoms. The zero-order valence-electron chi connectivity index (χ0n) is 17.0. The molecule has 0 N–H and O–H groups in total. The van der Waals surface area contributed by atoms with Gasteiger partial charge in [-0.15, -0.1) is 0 Å². The number of ether oxygens (including phenoxy) is 2. The van der Waals surface area contributed by atoms with Crippen molar-refractivity contribution in [2.45, 2.75) is 6.61 Å². The summed E-state index contributed by atoms with van der Waals surface area (Å²) in [7, 11) is 0. The average molecular weight is 440 g/mol. The van der Waals surface area contributed by atoms with E-state index < -0.39 is 5.97 Å². The molecule has 1 aliphatic heterocycles. The summed E-state index contributed by atoms with van der Waals surface area (Å²) in [4.78, 5) is 17.0. The minimum atomic E-state index is -0.526. The lowest BCUT2D eigenvalue weighted by Gasteiger charge is -2.12. The normalized spacial score (nSPS) is 14.5. The molecule has 0 fully saturated rings. The van der Waals surface area contributed by atoms with Crippen molar-refractivity contribution < 1.29 is 14.3 Å². The number of rotatable bonds is 5. The van der Waals surface area contributed by atoms with Crippen LogP contribution < -0.4 is 4.74 Å². The summed E-state index contributed by atoms with van der Waals surface area (Å²) in [6.07, 6.45) is 1.72. The Labute approximate surface area is 190 Å². The summed E-state index contributed by atoms with van der Waals surface area (Å²) in [5, 5.41) is 2.46. The Balaban J connectivity index is 1.57. The van der Waals surface area contributed by atoms with Gasteiger partial charge >= 0.3 is 5.97 Å². The van der Waals surface area contributed by atoms with E-state index in [0.29, 0.717) is 22.9 Å². The molecule has 0 aromatic heterocycles. The van der Waals surface area contributed by atoms with E-state index in [-0.39, 0.29) is 11.6 Å². The highest BCUT2D eigenvalue weighted by molar-refractivity contribution is 6.34. The van der Waals surface area contributed by atoms with E-state index in [1.165, 1.54) is 0 Å². The Kier molecular flexibility index (Phi) is 5.44. The first kappa shape index (κ1) is 20.0. The van der Waals surface area contributed by atoms with Crippen molar-refractivity contribution in [3.8, 4) is 5.75 Å². The Morgan fingerprint density at radius 1 is 0.875 bits per heavy atom. The smallest absolute Gasteiger partial charge is 0.363 e. The second-order valence-electron chi connectivity index (χ2n) is 7.29. The van der Waals surface area contributed by atoms with E-state index in [1.807, 2.05) is 78.9 Å². The number of nitrogens with zero attached hydrogens (tertiary/aromatic N) is 1. The Morgan fingerprint density at radius 2 is 1.62 bits per heavy atom. The third-order valence-corrected chi connectivity index (χ3v) is 5.50. The highest BCUT2D eigenvalue weighted by atomic mass is 35.5. The van der Waals surface area contributed by atoms with Crippen LogP contribution in [-0.4, -0.2) is 11.9 Å². The zero-order chi connectivity index (χ0) is 21.9. The summed E-state index contributed by atoms with van der Waals surface area (Å²) in [6.45, 7) is 0.411. The van der Waals surface area contributed by atoms with E-state index in [2.05, 4.69) is 4.99 Å². The van der Waals surface area contributed by atoms with Crippen molar-refractivity contribution in [1.29, 1.82) is 0 Å². The zero-order valence-corrected chi connectivity index (χ0v) is 17.8. The minimum Gasteiger partial charge on any atom is -0.488 e. The second-order valence-corrected chi connectivity index (χ2v) is 7.70. The van der Waals surface area contributed by atoms with Gasteiger partial charge in [0.2, 0.25) is 5.90 Å². The van der Waals surface area contributed by atoms with Crippen molar-refractivity contribution in [1.82, 2.24) is 0 Å². The van der Waals surface area contributed by atoms with E-state index in [9.17, 15) is 4.79 Å². The average Bonchev–Trinajstić information content (AvgIpc) is 3.19. The fourth-order valence-corrected chi connectivity index (χ4v) is 3.80. The number of hydrogen-bond donors (Lipinski definition) is 0. The molecule has 0 atom stereocenters. The molecule has 156 valence electrons. The molecule has 1 aliphatic rings. The molecule has 0 amide bonds. The molecular weight excluding hydrogens is 422 g/mol. The summed E-state index contributed by atoms with van der Waals surface area (Å²) >= 11 is 6.25. The number of cyclic esters (lactones) is 1. The standard InChI is InChI=1S/C27H18ClNO3/c28-23-13-7-6-12-21(23)26-29-24(27(30)32-26)16-22-20-11-5-4-10-19(20)14-15-25(22)31-17-18-8-2-1-3-9-18/h1-16H,17H2/b24-16-. The van der Waals surface area contributed by atoms with Crippen molar-refractivity contribution in [3.63, 3.8) is 0 Å². The van der Waals surface area contributed by atoms with Crippen molar-refractivity contribution in [3.05, 3.63) is 118 Å². The molecule has 0 aliphatic carbocycles. The van der Waals surface area contributed by atoms with E-state index in [1.54, 1.807) is 18.2 Å². The van der Waals surface area contributed by atoms with Gasteiger partial charge in [-0.3, -0.25) is 0 Å². The molecule has 5 rings (SSSR count). The molecule has 4 aromatic carbocycles. The number of aliphatic imine (C=N–C) groups is 1. The Bertz CT molecular complexity index is 1380. The maximum atomic E-state index is 12.6. The lowest BCUT2D eigenvalue weighted by molar-refractivity contribution is -0.129. The molecular formula is C27H18ClNO3. The first-order valence-corrected chi connectivity index (χ1v) is 10.5. The first-order valence-electron chi connectivity index (χ1n) is 10.1. The monoisotopic (exact) mass is 439 g/mol. The molecule has 5 heteroatoms. The van der Waals surface area contributed by atoms with Gasteiger partial charge in [-0.2, -0.15) is 0 Å². The van der Waals surface area contributed by atoms with Crippen LogP contribution in [-0.2, 0) is 16.1 Å². The van der Waals surface area contributed by atoms with Gasteiger partial charge in [0, 0.05) is 5.56 Å². The highest BCUT2D eigenvalue weighted by Crippen LogP contribution is 2.32. The number of halogens is 1. The topological polar surface area (TPSA) is 47.9 Å². The van der Waals surface area contributed by atoms with Crippen LogP contribution in [0.2, 0.25) is 5.02 Å². The number of carbonyl (C=O) groups excluding carboxylic acids is 1. The Morgan fingerprint density at radius 3 is 2.47 bits per heavy atom. The highest BCUT2D eigenvalue weighted by Gasteiger charge is 2.26. The largest absolute Gasteiger partial charge is 0.488 e. The maximum absolute atomic E-state index is 12.6. The fourth-order valence-electron chi connectivity index (χ4n) is 3.58. The van der Waals surface area contributed by atoms with Gasteiger partial charge in [0.1, 0.15) is 12.4 Å². The molecule has 0 bridgehead atoms. The molecule has 0 radical (unpaired) electrons. The van der Waals surface area contributed by atoms with Crippen LogP contribution in [0.15, 0.2) is 102 Å². The van der Waals surface area contributed by atoms with Crippen LogP contribution in [0.5, 0.6) is 5.75 Å².